The first-order valence-electron chi connectivity index (χ1n) is 5.54. The molecule has 2 rings (SSSR count). The first-order valence-corrected chi connectivity index (χ1v) is 5.54. The normalized spacial score (nSPS) is 12.2. The Morgan fingerprint density at radius 2 is 2.00 bits per heavy atom. The molecule has 0 aliphatic carbocycles. The zero-order valence-electron chi connectivity index (χ0n) is 9.92. The predicted octanol–water partition coefficient (Wildman–Crippen LogP) is 3.24. The molecule has 0 aliphatic rings. The molecule has 0 aliphatic heterocycles. The van der Waals surface area contributed by atoms with Gasteiger partial charge in [-0.1, -0.05) is 18.2 Å². The molecule has 1 aromatic carbocycles. The lowest BCUT2D eigenvalue weighted by Gasteiger charge is -2.09. The number of ether oxygens (including phenoxy) is 1. The number of rotatable bonds is 3. The molecule has 1 heterocycles. The number of aliphatic hydroxyl groups is 1. The zero-order chi connectivity index (χ0) is 12.3. The molecule has 3 heteroatoms. The molecule has 0 bridgehead atoms. The molecule has 0 spiro atoms. The van der Waals surface area contributed by atoms with Gasteiger partial charge in [0.2, 0.25) is 5.88 Å². The van der Waals surface area contributed by atoms with Crippen LogP contribution in [0.15, 0.2) is 42.6 Å². The molecule has 3 nitrogen and oxygen atoms in total. The van der Waals surface area contributed by atoms with Crippen molar-refractivity contribution in [2.45, 2.75) is 20.0 Å². The lowest BCUT2D eigenvalue weighted by molar-refractivity contribution is 0.198. The van der Waals surface area contributed by atoms with Crippen LogP contribution in [0.3, 0.4) is 0 Å². The van der Waals surface area contributed by atoms with Crippen molar-refractivity contribution in [2.24, 2.45) is 0 Å². The number of aryl methyl sites for hydroxylation is 1. The molecule has 0 fully saturated rings. The van der Waals surface area contributed by atoms with Gasteiger partial charge < -0.3 is 9.84 Å². The number of nitrogens with zero attached hydrogens (tertiary/aromatic N) is 1. The van der Waals surface area contributed by atoms with E-state index in [0.29, 0.717) is 5.88 Å². The number of hydrogen-bond donors (Lipinski definition) is 1. The van der Waals surface area contributed by atoms with Crippen molar-refractivity contribution in [2.75, 3.05) is 0 Å². The van der Waals surface area contributed by atoms with E-state index in [1.807, 2.05) is 31.2 Å². The molecule has 0 saturated heterocycles. The predicted molar refractivity (Wildman–Crippen MR) is 66.1 cm³/mol. The van der Waals surface area contributed by atoms with Gasteiger partial charge in [0.1, 0.15) is 5.75 Å². The lowest BCUT2D eigenvalue weighted by atomic mass is 10.2. The van der Waals surface area contributed by atoms with E-state index < -0.39 is 6.10 Å². The van der Waals surface area contributed by atoms with E-state index in [4.69, 9.17) is 4.74 Å². The van der Waals surface area contributed by atoms with E-state index in [2.05, 4.69) is 4.98 Å². The quantitative estimate of drug-likeness (QED) is 0.878. The number of para-hydroxylation sites is 1. The van der Waals surface area contributed by atoms with E-state index >= 15 is 0 Å². The molecule has 0 saturated carbocycles. The van der Waals surface area contributed by atoms with Gasteiger partial charge in [-0.25, -0.2) is 4.98 Å². The van der Waals surface area contributed by atoms with E-state index in [9.17, 15) is 5.11 Å². The maximum absolute atomic E-state index is 9.49. The van der Waals surface area contributed by atoms with Gasteiger partial charge >= 0.3 is 0 Å². The van der Waals surface area contributed by atoms with E-state index in [-0.39, 0.29) is 0 Å². The first kappa shape index (κ1) is 11.6. The maximum Gasteiger partial charge on any atom is 0.219 e. The fourth-order valence-corrected chi connectivity index (χ4v) is 1.52. The Hall–Kier alpha value is -1.87. The summed E-state index contributed by atoms with van der Waals surface area (Å²) < 4.78 is 5.68. The Morgan fingerprint density at radius 1 is 1.24 bits per heavy atom. The summed E-state index contributed by atoms with van der Waals surface area (Å²) in [7, 11) is 0. The van der Waals surface area contributed by atoms with E-state index in [1.165, 1.54) is 0 Å². The second-order valence-electron chi connectivity index (χ2n) is 3.97. The van der Waals surface area contributed by atoms with Crippen LogP contribution >= 0.6 is 0 Å². The lowest BCUT2D eigenvalue weighted by Crippen LogP contribution is -1.94. The van der Waals surface area contributed by atoms with Gasteiger partial charge in [0.15, 0.2) is 0 Å². The van der Waals surface area contributed by atoms with Crippen LogP contribution in [-0.4, -0.2) is 10.1 Å². The van der Waals surface area contributed by atoms with Crippen LogP contribution in [0.1, 0.15) is 24.2 Å². The standard InChI is InChI=1S/C14H15NO2/c1-10-5-3-4-6-13(10)17-14-9-12(11(2)16)7-8-15-14/h3-9,11,16H,1-2H3/t11-/m0/s1. The molecule has 1 aromatic heterocycles. The molecule has 0 radical (unpaired) electrons. The van der Waals surface area contributed by atoms with Crippen molar-refractivity contribution >= 4 is 0 Å². The largest absolute Gasteiger partial charge is 0.439 e. The van der Waals surface area contributed by atoms with Crippen LogP contribution in [0.4, 0.5) is 0 Å². The summed E-state index contributed by atoms with van der Waals surface area (Å²) >= 11 is 0. The second-order valence-corrected chi connectivity index (χ2v) is 3.97. The minimum Gasteiger partial charge on any atom is -0.439 e. The van der Waals surface area contributed by atoms with Crippen LogP contribution in [0, 0.1) is 6.92 Å². The van der Waals surface area contributed by atoms with Gasteiger partial charge in [-0.2, -0.15) is 0 Å². The Labute approximate surface area is 101 Å². The second kappa shape index (κ2) is 4.97. The molecule has 1 N–H and O–H groups in total. The molecular weight excluding hydrogens is 214 g/mol. The van der Waals surface area contributed by atoms with E-state index in [0.717, 1.165) is 16.9 Å². The average molecular weight is 229 g/mol. The number of pyridine rings is 1. The zero-order valence-corrected chi connectivity index (χ0v) is 9.92. The molecule has 0 amide bonds. The third-order valence-electron chi connectivity index (χ3n) is 2.55. The summed E-state index contributed by atoms with van der Waals surface area (Å²) in [5.74, 6) is 1.28. The number of aliphatic hydroxyl groups excluding tert-OH is 1. The number of hydrogen-bond acceptors (Lipinski definition) is 3. The van der Waals surface area contributed by atoms with Gasteiger partial charge in [-0.15, -0.1) is 0 Å². The van der Waals surface area contributed by atoms with Gasteiger partial charge in [0, 0.05) is 12.3 Å². The summed E-state index contributed by atoms with van der Waals surface area (Å²) in [6.07, 6.45) is 1.12. The molecule has 88 valence electrons. The highest BCUT2D eigenvalue weighted by atomic mass is 16.5. The molecule has 17 heavy (non-hydrogen) atoms. The van der Waals surface area contributed by atoms with Crippen molar-refractivity contribution in [3.8, 4) is 11.6 Å². The van der Waals surface area contributed by atoms with Crippen molar-refractivity contribution in [3.05, 3.63) is 53.7 Å². The van der Waals surface area contributed by atoms with Crippen molar-refractivity contribution < 1.29 is 9.84 Å². The SMILES string of the molecule is Cc1ccccc1Oc1cc([C@H](C)O)ccn1. The highest BCUT2D eigenvalue weighted by Gasteiger charge is 2.05. The summed E-state index contributed by atoms with van der Waals surface area (Å²) in [5.41, 5.74) is 1.85. The number of benzene rings is 1. The number of aromatic nitrogens is 1. The van der Waals surface area contributed by atoms with Crippen LogP contribution in [0.25, 0.3) is 0 Å². The fraction of sp³-hybridized carbons (Fsp3) is 0.214. The van der Waals surface area contributed by atoms with Crippen LogP contribution < -0.4 is 4.74 Å². The highest BCUT2D eigenvalue weighted by molar-refractivity contribution is 5.35. The van der Waals surface area contributed by atoms with Crippen molar-refractivity contribution in [1.82, 2.24) is 4.98 Å². The summed E-state index contributed by atoms with van der Waals surface area (Å²) in [4.78, 5) is 4.12. The molecule has 2 aromatic rings. The Morgan fingerprint density at radius 3 is 2.71 bits per heavy atom. The summed E-state index contributed by atoms with van der Waals surface area (Å²) in [6, 6.07) is 11.3. The van der Waals surface area contributed by atoms with Gasteiger partial charge in [-0.05, 0) is 37.1 Å². The molecule has 0 unspecified atom stereocenters. The van der Waals surface area contributed by atoms with Crippen LogP contribution in [0.5, 0.6) is 11.6 Å². The highest BCUT2D eigenvalue weighted by Crippen LogP contribution is 2.24. The third kappa shape index (κ3) is 2.82. The van der Waals surface area contributed by atoms with Crippen molar-refractivity contribution in [3.63, 3.8) is 0 Å². The minimum atomic E-state index is -0.516. The topological polar surface area (TPSA) is 42.4 Å². The minimum absolute atomic E-state index is 0.498. The van der Waals surface area contributed by atoms with Gasteiger partial charge in [0.25, 0.3) is 0 Å². The Kier molecular flexibility index (Phi) is 3.40. The first-order chi connectivity index (χ1) is 8.16. The third-order valence-corrected chi connectivity index (χ3v) is 2.55. The molecular formula is C14H15NO2. The van der Waals surface area contributed by atoms with Crippen LogP contribution in [0.2, 0.25) is 0 Å². The Bertz CT molecular complexity index is 509. The fourth-order valence-electron chi connectivity index (χ4n) is 1.52. The van der Waals surface area contributed by atoms with E-state index in [1.54, 1.807) is 25.3 Å². The van der Waals surface area contributed by atoms with Crippen LogP contribution in [-0.2, 0) is 0 Å². The van der Waals surface area contributed by atoms with Crippen molar-refractivity contribution in [1.29, 1.82) is 0 Å². The monoisotopic (exact) mass is 229 g/mol. The summed E-state index contributed by atoms with van der Waals surface area (Å²) in [6.45, 7) is 3.70. The smallest absolute Gasteiger partial charge is 0.219 e. The average Bonchev–Trinajstić information content (AvgIpc) is 2.32. The van der Waals surface area contributed by atoms with Gasteiger partial charge in [0.05, 0.1) is 6.10 Å². The van der Waals surface area contributed by atoms with Gasteiger partial charge in [-0.3, -0.25) is 0 Å². The molecule has 1 atom stereocenters. The summed E-state index contributed by atoms with van der Waals surface area (Å²) in [5, 5.41) is 9.49. The maximum atomic E-state index is 9.49. The Balaban J connectivity index is 2.25.